The lowest BCUT2D eigenvalue weighted by Gasteiger charge is -2.01. The zero-order valence-corrected chi connectivity index (χ0v) is 11.7. The van der Waals surface area contributed by atoms with Gasteiger partial charge in [-0.1, -0.05) is 29.5 Å². The molecule has 3 aromatic rings. The Bertz CT molecular complexity index is 697. The lowest BCUT2D eigenvalue weighted by atomic mass is 10.2. The Morgan fingerprint density at radius 1 is 1.10 bits per heavy atom. The molecule has 20 heavy (non-hydrogen) atoms. The normalized spacial score (nSPS) is 10.2. The van der Waals surface area contributed by atoms with E-state index in [1.807, 2.05) is 48.7 Å². The van der Waals surface area contributed by atoms with E-state index in [9.17, 15) is 0 Å². The lowest BCUT2D eigenvalue weighted by Crippen LogP contribution is -1.90. The van der Waals surface area contributed by atoms with Crippen molar-refractivity contribution in [3.63, 3.8) is 0 Å². The topological polar surface area (TPSA) is 47.0 Å². The molecule has 0 amide bonds. The average molecular weight is 283 g/mol. The van der Waals surface area contributed by atoms with Gasteiger partial charge in [-0.15, -0.1) is 0 Å². The highest BCUT2D eigenvalue weighted by Gasteiger charge is 2.06. The van der Waals surface area contributed by atoms with Gasteiger partial charge in [-0.05, 0) is 29.8 Å². The maximum absolute atomic E-state index is 5.24. The molecule has 2 heterocycles. The molecule has 0 saturated heterocycles. The van der Waals surface area contributed by atoms with Crippen LogP contribution in [0.5, 0.6) is 5.75 Å². The summed E-state index contributed by atoms with van der Waals surface area (Å²) in [5, 5.41) is 4.01. The standard InChI is InChI=1S/C15H13N3OS/c1-19-12-6-4-5-11(9-12)13-10-17-15(20-13)18-14-7-2-3-8-16-14/h2-10H,1H3,(H,16,17,18). The van der Waals surface area contributed by atoms with Gasteiger partial charge in [0.25, 0.3) is 0 Å². The van der Waals surface area contributed by atoms with Crippen LogP contribution in [0.25, 0.3) is 10.4 Å². The SMILES string of the molecule is COc1cccc(-c2cnc(Nc3ccccn3)s2)c1. The number of rotatable bonds is 4. The number of hydrogen-bond acceptors (Lipinski definition) is 5. The highest BCUT2D eigenvalue weighted by atomic mass is 32.1. The Morgan fingerprint density at radius 2 is 2.05 bits per heavy atom. The van der Waals surface area contributed by atoms with Crippen molar-refractivity contribution in [2.24, 2.45) is 0 Å². The van der Waals surface area contributed by atoms with Crippen molar-refractivity contribution in [1.82, 2.24) is 9.97 Å². The van der Waals surface area contributed by atoms with Crippen LogP contribution < -0.4 is 10.1 Å². The molecule has 1 aromatic carbocycles. The number of nitrogens with one attached hydrogen (secondary N) is 1. The summed E-state index contributed by atoms with van der Waals surface area (Å²) in [4.78, 5) is 9.67. The van der Waals surface area contributed by atoms with Crippen LogP contribution >= 0.6 is 11.3 Å². The first-order valence-electron chi connectivity index (χ1n) is 6.13. The van der Waals surface area contributed by atoms with E-state index >= 15 is 0 Å². The van der Waals surface area contributed by atoms with Crippen LogP contribution in [0.4, 0.5) is 10.9 Å². The molecule has 0 unspecified atom stereocenters. The molecule has 3 rings (SSSR count). The fourth-order valence-electron chi connectivity index (χ4n) is 1.79. The zero-order chi connectivity index (χ0) is 13.8. The summed E-state index contributed by atoms with van der Waals surface area (Å²) < 4.78 is 5.24. The van der Waals surface area contributed by atoms with Crippen LogP contribution in [-0.4, -0.2) is 17.1 Å². The van der Waals surface area contributed by atoms with E-state index in [4.69, 9.17) is 4.74 Å². The molecular weight excluding hydrogens is 270 g/mol. The number of nitrogens with zero attached hydrogens (tertiary/aromatic N) is 2. The molecule has 0 fully saturated rings. The van der Waals surface area contributed by atoms with Crippen LogP contribution in [0.3, 0.4) is 0 Å². The van der Waals surface area contributed by atoms with Gasteiger partial charge in [0, 0.05) is 12.4 Å². The molecule has 1 N–H and O–H groups in total. The highest BCUT2D eigenvalue weighted by Crippen LogP contribution is 2.31. The van der Waals surface area contributed by atoms with Gasteiger partial charge in [0.2, 0.25) is 0 Å². The third-order valence-electron chi connectivity index (χ3n) is 2.76. The van der Waals surface area contributed by atoms with Crippen LogP contribution in [-0.2, 0) is 0 Å². The van der Waals surface area contributed by atoms with E-state index in [1.54, 1.807) is 24.6 Å². The summed E-state index contributed by atoms with van der Waals surface area (Å²) in [5.41, 5.74) is 1.09. The van der Waals surface area contributed by atoms with Gasteiger partial charge in [0.1, 0.15) is 11.6 Å². The third-order valence-corrected chi connectivity index (χ3v) is 3.72. The molecule has 4 nitrogen and oxygen atoms in total. The minimum absolute atomic E-state index is 0.791. The first kappa shape index (κ1) is 12.6. The molecule has 0 aliphatic rings. The summed E-state index contributed by atoms with van der Waals surface area (Å²) in [6.07, 6.45) is 3.60. The molecule has 2 aromatic heterocycles. The fraction of sp³-hybridized carbons (Fsp3) is 0.0667. The molecule has 5 heteroatoms. The second-order valence-electron chi connectivity index (χ2n) is 4.10. The van der Waals surface area contributed by atoms with Gasteiger partial charge in [-0.2, -0.15) is 0 Å². The Kier molecular flexibility index (Phi) is 3.60. The second kappa shape index (κ2) is 5.71. The van der Waals surface area contributed by atoms with Crippen LogP contribution in [0.1, 0.15) is 0 Å². The number of hydrogen-bond donors (Lipinski definition) is 1. The van der Waals surface area contributed by atoms with Crippen molar-refractivity contribution >= 4 is 22.3 Å². The maximum Gasteiger partial charge on any atom is 0.188 e. The first-order valence-corrected chi connectivity index (χ1v) is 6.95. The lowest BCUT2D eigenvalue weighted by molar-refractivity contribution is 0.415. The van der Waals surface area contributed by atoms with E-state index in [-0.39, 0.29) is 0 Å². The van der Waals surface area contributed by atoms with E-state index in [0.29, 0.717) is 0 Å². The average Bonchev–Trinajstić information content (AvgIpc) is 2.97. The van der Waals surface area contributed by atoms with Crippen LogP contribution in [0.15, 0.2) is 54.9 Å². The van der Waals surface area contributed by atoms with E-state index < -0.39 is 0 Å². The molecule has 0 aliphatic heterocycles. The van der Waals surface area contributed by atoms with Gasteiger partial charge >= 0.3 is 0 Å². The number of methoxy groups -OCH3 is 1. The monoisotopic (exact) mass is 283 g/mol. The number of benzene rings is 1. The van der Waals surface area contributed by atoms with Crippen molar-refractivity contribution in [1.29, 1.82) is 0 Å². The molecule has 0 spiro atoms. The van der Waals surface area contributed by atoms with Gasteiger partial charge in [-0.3, -0.25) is 0 Å². The van der Waals surface area contributed by atoms with Crippen LogP contribution in [0, 0.1) is 0 Å². The molecule has 0 aliphatic carbocycles. The van der Waals surface area contributed by atoms with Crippen molar-refractivity contribution < 1.29 is 4.74 Å². The second-order valence-corrected chi connectivity index (χ2v) is 5.13. The number of ether oxygens (including phenoxy) is 1. The predicted octanol–water partition coefficient (Wildman–Crippen LogP) is 3.96. The Hall–Kier alpha value is -2.40. The van der Waals surface area contributed by atoms with Crippen molar-refractivity contribution in [3.05, 3.63) is 54.9 Å². The van der Waals surface area contributed by atoms with Gasteiger partial charge < -0.3 is 10.1 Å². The molecular formula is C15H13N3OS. The summed E-state index contributed by atoms with van der Waals surface area (Å²) in [6.45, 7) is 0. The smallest absolute Gasteiger partial charge is 0.188 e. The number of aromatic nitrogens is 2. The van der Waals surface area contributed by atoms with Gasteiger partial charge in [0.15, 0.2) is 5.13 Å². The number of thiazole rings is 1. The highest BCUT2D eigenvalue weighted by molar-refractivity contribution is 7.18. The predicted molar refractivity (Wildman–Crippen MR) is 81.6 cm³/mol. The summed E-state index contributed by atoms with van der Waals surface area (Å²) in [7, 11) is 1.67. The number of anilines is 2. The third kappa shape index (κ3) is 2.78. The minimum Gasteiger partial charge on any atom is -0.497 e. The molecule has 0 bridgehead atoms. The Balaban J connectivity index is 1.83. The summed E-state index contributed by atoms with van der Waals surface area (Å²) >= 11 is 1.58. The minimum atomic E-state index is 0.791. The number of pyridine rings is 1. The molecule has 100 valence electrons. The summed E-state index contributed by atoms with van der Waals surface area (Å²) in [5.74, 6) is 1.63. The molecule has 0 saturated carbocycles. The van der Waals surface area contributed by atoms with E-state index in [1.165, 1.54) is 0 Å². The first-order chi connectivity index (χ1) is 9.85. The van der Waals surface area contributed by atoms with Crippen molar-refractivity contribution in [2.75, 3.05) is 12.4 Å². The van der Waals surface area contributed by atoms with Gasteiger partial charge in [0.05, 0.1) is 12.0 Å². The largest absolute Gasteiger partial charge is 0.497 e. The van der Waals surface area contributed by atoms with Crippen molar-refractivity contribution in [2.45, 2.75) is 0 Å². The fourth-order valence-corrected chi connectivity index (χ4v) is 2.61. The Morgan fingerprint density at radius 3 is 2.85 bits per heavy atom. The van der Waals surface area contributed by atoms with Crippen LogP contribution in [0.2, 0.25) is 0 Å². The molecule has 0 radical (unpaired) electrons. The van der Waals surface area contributed by atoms with Crippen molar-refractivity contribution in [3.8, 4) is 16.2 Å². The van der Waals surface area contributed by atoms with Gasteiger partial charge in [-0.25, -0.2) is 9.97 Å². The Labute approximate surface area is 121 Å². The molecule has 0 atom stereocenters. The van der Waals surface area contributed by atoms with E-state index in [0.717, 1.165) is 27.1 Å². The maximum atomic E-state index is 5.24. The zero-order valence-electron chi connectivity index (χ0n) is 10.9. The summed E-state index contributed by atoms with van der Waals surface area (Å²) in [6, 6.07) is 13.7. The van der Waals surface area contributed by atoms with E-state index in [2.05, 4.69) is 15.3 Å². The quantitative estimate of drug-likeness (QED) is 0.787.